The molecular weight excluding hydrogens is 256 g/mol. The molecule has 2 nitrogen and oxygen atoms in total. The van der Waals surface area contributed by atoms with E-state index < -0.39 is 0 Å². The van der Waals surface area contributed by atoms with Crippen molar-refractivity contribution >= 4 is 21.4 Å². The fourth-order valence-corrected chi connectivity index (χ4v) is 3.80. The fraction of sp³-hybridized carbons (Fsp3) is 0.500. The van der Waals surface area contributed by atoms with Crippen LogP contribution in [-0.4, -0.2) is 17.8 Å². The van der Waals surface area contributed by atoms with Crippen LogP contribution >= 0.6 is 11.3 Å². The molecule has 1 saturated heterocycles. The van der Waals surface area contributed by atoms with Gasteiger partial charge < -0.3 is 9.84 Å². The Labute approximate surface area is 118 Å². The molecule has 0 amide bonds. The Hall–Kier alpha value is -0.900. The van der Waals surface area contributed by atoms with E-state index in [-0.39, 0.29) is 6.10 Å². The van der Waals surface area contributed by atoms with E-state index in [1.807, 2.05) is 12.1 Å². The van der Waals surface area contributed by atoms with Gasteiger partial charge in [0.25, 0.3) is 0 Å². The van der Waals surface area contributed by atoms with Crippen molar-refractivity contribution in [1.82, 2.24) is 0 Å². The highest BCUT2D eigenvalue weighted by molar-refractivity contribution is 7.17. The average molecular weight is 276 g/mol. The van der Waals surface area contributed by atoms with E-state index in [1.165, 1.54) is 22.9 Å². The van der Waals surface area contributed by atoms with E-state index in [4.69, 9.17) is 4.74 Å². The maximum absolute atomic E-state index is 10.4. The largest absolute Gasteiger partial charge is 0.388 e. The Balaban J connectivity index is 1.64. The summed E-state index contributed by atoms with van der Waals surface area (Å²) in [5.41, 5.74) is 1.08. The molecule has 2 heterocycles. The molecule has 1 fully saturated rings. The second-order valence-electron chi connectivity index (χ2n) is 5.27. The van der Waals surface area contributed by atoms with Gasteiger partial charge in [-0.15, -0.1) is 11.3 Å². The van der Waals surface area contributed by atoms with Gasteiger partial charge in [0.15, 0.2) is 0 Å². The maximum Gasteiger partial charge on any atom is 0.0805 e. The minimum Gasteiger partial charge on any atom is -0.388 e. The first-order chi connectivity index (χ1) is 9.34. The smallest absolute Gasteiger partial charge is 0.0805 e. The third-order valence-electron chi connectivity index (χ3n) is 3.91. The van der Waals surface area contributed by atoms with Crippen molar-refractivity contribution in [3.63, 3.8) is 0 Å². The molecule has 0 bridgehead atoms. The normalized spacial score (nSPS) is 21.6. The van der Waals surface area contributed by atoms with Crippen molar-refractivity contribution in [3.8, 4) is 0 Å². The average Bonchev–Trinajstić information content (AvgIpc) is 2.90. The van der Waals surface area contributed by atoms with Gasteiger partial charge in [-0.2, -0.15) is 0 Å². The summed E-state index contributed by atoms with van der Waals surface area (Å²) in [4.78, 5) is 0. The lowest BCUT2D eigenvalue weighted by molar-refractivity contribution is 0.00224. The van der Waals surface area contributed by atoms with Crippen molar-refractivity contribution in [1.29, 1.82) is 0 Å². The van der Waals surface area contributed by atoms with Crippen molar-refractivity contribution in [2.45, 2.75) is 44.3 Å². The number of thiophene rings is 1. The van der Waals surface area contributed by atoms with E-state index in [0.29, 0.717) is 6.10 Å². The summed E-state index contributed by atoms with van der Waals surface area (Å²) in [5.74, 6) is 0. The second kappa shape index (κ2) is 6.04. The maximum atomic E-state index is 10.4. The van der Waals surface area contributed by atoms with Gasteiger partial charge in [0, 0.05) is 11.3 Å². The van der Waals surface area contributed by atoms with Gasteiger partial charge in [0.1, 0.15) is 0 Å². The van der Waals surface area contributed by atoms with Crippen molar-refractivity contribution in [2.24, 2.45) is 0 Å². The molecule has 102 valence electrons. The molecule has 0 radical (unpaired) electrons. The Morgan fingerprint density at radius 2 is 2.21 bits per heavy atom. The van der Waals surface area contributed by atoms with Gasteiger partial charge in [-0.25, -0.2) is 0 Å². The molecular formula is C16H20O2S. The first-order valence-corrected chi connectivity index (χ1v) is 7.98. The zero-order chi connectivity index (χ0) is 13.1. The summed E-state index contributed by atoms with van der Waals surface area (Å²) < 4.78 is 6.98. The van der Waals surface area contributed by atoms with E-state index in [9.17, 15) is 5.11 Å². The van der Waals surface area contributed by atoms with Crippen LogP contribution in [0, 0.1) is 0 Å². The van der Waals surface area contributed by atoms with E-state index in [0.717, 1.165) is 31.4 Å². The molecule has 3 heteroatoms. The second-order valence-corrected chi connectivity index (χ2v) is 6.18. The molecule has 2 aromatic rings. The summed E-state index contributed by atoms with van der Waals surface area (Å²) in [6.45, 7) is 0.891. The molecule has 0 saturated carbocycles. The Bertz CT molecular complexity index is 528. The van der Waals surface area contributed by atoms with Crippen LogP contribution in [0.5, 0.6) is 0 Å². The lowest BCUT2D eigenvalue weighted by atomic mass is 9.99. The van der Waals surface area contributed by atoms with Gasteiger partial charge in [-0.3, -0.25) is 0 Å². The highest BCUT2D eigenvalue weighted by atomic mass is 32.1. The summed E-state index contributed by atoms with van der Waals surface area (Å²) in [7, 11) is 0. The molecule has 1 aromatic carbocycles. The van der Waals surface area contributed by atoms with Gasteiger partial charge in [-0.1, -0.05) is 18.2 Å². The lowest BCUT2D eigenvalue weighted by Gasteiger charge is -2.23. The molecule has 3 rings (SSSR count). The summed E-state index contributed by atoms with van der Waals surface area (Å²) in [6, 6.07) is 8.29. The predicted molar refractivity (Wildman–Crippen MR) is 79.6 cm³/mol. The topological polar surface area (TPSA) is 29.5 Å². The number of fused-ring (bicyclic) bond motifs is 1. The van der Waals surface area contributed by atoms with Gasteiger partial charge >= 0.3 is 0 Å². The monoisotopic (exact) mass is 276 g/mol. The van der Waals surface area contributed by atoms with E-state index >= 15 is 0 Å². The van der Waals surface area contributed by atoms with Crippen molar-refractivity contribution in [3.05, 3.63) is 35.2 Å². The highest BCUT2D eigenvalue weighted by Gasteiger charge is 2.18. The summed E-state index contributed by atoms with van der Waals surface area (Å²) >= 11 is 1.71. The zero-order valence-corrected chi connectivity index (χ0v) is 11.9. The van der Waals surface area contributed by atoms with Gasteiger partial charge in [0.2, 0.25) is 0 Å². The molecule has 1 aliphatic rings. The minimum absolute atomic E-state index is 0.355. The number of aliphatic hydroxyl groups excluding tert-OH is 1. The SMILES string of the molecule is OC(CCC1CCCCO1)c1csc2ccccc12. The molecule has 1 aliphatic heterocycles. The predicted octanol–water partition coefficient (Wildman–Crippen LogP) is 4.28. The molecule has 0 spiro atoms. The van der Waals surface area contributed by atoms with Gasteiger partial charge in [-0.05, 0) is 54.5 Å². The van der Waals surface area contributed by atoms with Crippen LogP contribution in [-0.2, 0) is 4.74 Å². The highest BCUT2D eigenvalue weighted by Crippen LogP contribution is 2.33. The van der Waals surface area contributed by atoms with Crippen molar-refractivity contribution in [2.75, 3.05) is 6.61 Å². The van der Waals surface area contributed by atoms with E-state index in [2.05, 4.69) is 17.5 Å². The number of hydrogen-bond donors (Lipinski definition) is 1. The number of rotatable bonds is 4. The van der Waals surface area contributed by atoms with Gasteiger partial charge in [0.05, 0.1) is 12.2 Å². The van der Waals surface area contributed by atoms with Crippen molar-refractivity contribution < 1.29 is 9.84 Å². The first kappa shape index (κ1) is 13.1. The van der Waals surface area contributed by atoms with Crippen LogP contribution in [0.15, 0.2) is 29.6 Å². The molecule has 1 N–H and O–H groups in total. The van der Waals surface area contributed by atoms with Crippen LogP contribution in [0.2, 0.25) is 0 Å². The number of ether oxygens (including phenoxy) is 1. The third kappa shape index (κ3) is 2.99. The first-order valence-electron chi connectivity index (χ1n) is 7.10. The summed E-state index contributed by atoms with van der Waals surface area (Å²) in [6.07, 6.45) is 5.36. The number of aliphatic hydroxyl groups is 1. The third-order valence-corrected chi connectivity index (χ3v) is 4.89. The Kier molecular flexibility index (Phi) is 4.16. The van der Waals surface area contributed by atoms with Crippen LogP contribution < -0.4 is 0 Å². The van der Waals surface area contributed by atoms with Crippen LogP contribution in [0.1, 0.15) is 43.8 Å². The molecule has 2 unspecified atom stereocenters. The zero-order valence-electron chi connectivity index (χ0n) is 11.0. The molecule has 2 atom stereocenters. The van der Waals surface area contributed by atoms with Crippen LogP contribution in [0.4, 0.5) is 0 Å². The molecule has 1 aromatic heterocycles. The quantitative estimate of drug-likeness (QED) is 0.903. The minimum atomic E-state index is -0.360. The number of benzene rings is 1. The number of hydrogen-bond acceptors (Lipinski definition) is 3. The van der Waals surface area contributed by atoms with E-state index in [1.54, 1.807) is 11.3 Å². The standard InChI is InChI=1S/C16H20O2S/c17-15(9-8-12-5-3-4-10-18-12)14-11-19-16-7-2-1-6-13(14)16/h1-2,6-7,11-12,15,17H,3-5,8-10H2. The summed E-state index contributed by atoms with van der Waals surface area (Å²) in [5, 5.41) is 13.7. The lowest BCUT2D eigenvalue weighted by Crippen LogP contribution is -2.19. The fourth-order valence-electron chi connectivity index (χ4n) is 2.79. The van der Waals surface area contributed by atoms with Crippen LogP contribution in [0.25, 0.3) is 10.1 Å². The Morgan fingerprint density at radius 3 is 3.05 bits per heavy atom. The van der Waals surface area contributed by atoms with Crippen LogP contribution in [0.3, 0.4) is 0 Å². The molecule has 19 heavy (non-hydrogen) atoms. The molecule has 0 aliphatic carbocycles. The Morgan fingerprint density at radius 1 is 1.32 bits per heavy atom.